The molecule has 0 unspecified atom stereocenters. The molecule has 0 spiro atoms. The van der Waals surface area contributed by atoms with Crippen LogP contribution in [-0.4, -0.2) is 18.1 Å². The Hall–Kier alpha value is -2.83. The lowest BCUT2D eigenvalue weighted by molar-refractivity contribution is 0.205. The van der Waals surface area contributed by atoms with Gasteiger partial charge >= 0.3 is 0 Å². The SMILES string of the molecule is Cc1cccc(CN2CCCCN2c2ccc(C#N)c3ccccc23)c1. The molecule has 0 saturated carbocycles. The van der Waals surface area contributed by atoms with Crippen LogP contribution in [0.25, 0.3) is 10.8 Å². The molecule has 1 saturated heterocycles. The Labute approximate surface area is 155 Å². The number of anilines is 1. The summed E-state index contributed by atoms with van der Waals surface area (Å²) in [7, 11) is 0. The van der Waals surface area contributed by atoms with Gasteiger partial charge in [-0.25, -0.2) is 5.01 Å². The third-order valence-corrected chi connectivity index (χ3v) is 5.12. The molecule has 1 aliphatic heterocycles. The molecule has 3 aromatic rings. The van der Waals surface area contributed by atoms with E-state index in [9.17, 15) is 5.26 Å². The number of hydrogen-bond acceptors (Lipinski definition) is 3. The van der Waals surface area contributed by atoms with Gasteiger partial charge < -0.3 is 5.01 Å². The van der Waals surface area contributed by atoms with E-state index in [1.165, 1.54) is 29.7 Å². The summed E-state index contributed by atoms with van der Waals surface area (Å²) in [6, 6.07) is 23.4. The highest BCUT2D eigenvalue weighted by molar-refractivity contribution is 5.97. The molecule has 0 aliphatic carbocycles. The van der Waals surface area contributed by atoms with Crippen molar-refractivity contribution in [3.05, 3.63) is 77.4 Å². The molecule has 3 heteroatoms. The fourth-order valence-corrected chi connectivity index (χ4v) is 3.88. The number of aryl methyl sites for hydroxylation is 1. The van der Waals surface area contributed by atoms with E-state index in [2.05, 4.69) is 65.5 Å². The summed E-state index contributed by atoms with van der Waals surface area (Å²) in [5.41, 5.74) is 4.59. The standard InChI is InChI=1S/C23H23N3/c1-18-7-6-8-19(15-18)17-25-13-4-5-14-26(25)23-12-11-20(16-24)21-9-2-3-10-22(21)23/h2-3,6-12,15H,4-5,13-14,17H2,1H3. The average Bonchev–Trinajstić information content (AvgIpc) is 2.68. The molecule has 0 aromatic heterocycles. The predicted octanol–water partition coefficient (Wildman–Crippen LogP) is 5.04. The summed E-state index contributed by atoms with van der Waals surface area (Å²) in [4.78, 5) is 0. The van der Waals surface area contributed by atoms with Crippen LogP contribution in [0.1, 0.15) is 29.5 Å². The third kappa shape index (κ3) is 3.16. The Balaban J connectivity index is 1.73. The monoisotopic (exact) mass is 341 g/mol. The first-order valence-electron chi connectivity index (χ1n) is 9.26. The van der Waals surface area contributed by atoms with Gasteiger partial charge in [0, 0.05) is 30.4 Å². The van der Waals surface area contributed by atoms with E-state index in [1.54, 1.807) is 0 Å². The maximum atomic E-state index is 9.44. The maximum absolute atomic E-state index is 9.44. The molecule has 1 fully saturated rings. The minimum Gasteiger partial charge on any atom is -0.305 e. The van der Waals surface area contributed by atoms with Crippen LogP contribution >= 0.6 is 0 Å². The van der Waals surface area contributed by atoms with E-state index in [4.69, 9.17) is 0 Å². The molecule has 0 atom stereocenters. The molecule has 1 aliphatic rings. The number of nitrogens with zero attached hydrogens (tertiary/aromatic N) is 3. The molecule has 26 heavy (non-hydrogen) atoms. The summed E-state index contributed by atoms with van der Waals surface area (Å²) in [5, 5.41) is 16.5. The Morgan fingerprint density at radius 2 is 1.73 bits per heavy atom. The van der Waals surface area contributed by atoms with Crippen LogP contribution in [0.2, 0.25) is 0 Å². The predicted molar refractivity (Wildman–Crippen MR) is 107 cm³/mol. The van der Waals surface area contributed by atoms with Crippen molar-refractivity contribution in [2.45, 2.75) is 26.3 Å². The number of hydrazine groups is 1. The van der Waals surface area contributed by atoms with E-state index in [0.717, 1.165) is 36.0 Å². The van der Waals surface area contributed by atoms with Gasteiger partial charge in [0.15, 0.2) is 0 Å². The molecule has 3 nitrogen and oxygen atoms in total. The number of rotatable bonds is 3. The van der Waals surface area contributed by atoms with Crippen molar-refractivity contribution in [3.63, 3.8) is 0 Å². The molecule has 0 radical (unpaired) electrons. The average molecular weight is 341 g/mol. The molecule has 0 amide bonds. The van der Waals surface area contributed by atoms with E-state index < -0.39 is 0 Å². The lowest BCUT2D eigenvalue weighted by Gasteiger charge is -2.41. The van der Waals surface area contributed by atoms with Crippen LogP contribution in [0.5, 0.6) is 0 Å². The second-order valence-corrected chi connectivity index (χ2v) is 7.00. The molecule has 3 aromatic carbocycles. The minimum absolute atomic E-state index is 0.742. The van der Waals surface area contributed by atoms with Gasteiger partial charge in [-0.15, -0.1) is 0 Å². The number of fused-ring (bicyclic) bond motifs is 1. The lowest BCUT2D eigenvalue weighted by atomic mass is 10.0. The topological polar surface area (TPSA) is 30.3 Å². The van der Waals surface area contributed by atoms with Gasteiger partial charge in [0.25, 0.3) is 0 Å². The Morgan fingerprint density at radius 1 is 0.923 bits per heavy atom. The fourth-order valence-electron chi connectivity index (χ4n) is 3.88. The zero-order valence-corrected chi connectivity index (χ0v) is 15.2. The Morgan fingerprint density at radius 3 is 2.54 bits per heavy atom. The summed E-state index contributed by atoms with van der Waals surface area (Å²) < 4.78 is 0. The van der Waals surface area contributed by atoms with Gasteiger partial charge in [0.05, 0.1) is 17.3 Å². The van der Waals surface area contributed by atoms with E-state index in [0.29, 0.717) is 0 Å². The Kier molecular flexibility index (Phi) is 4.60. The van der Waals surface area contributed by atoms with Gasteiger partial charge in [-0.3, -0.25) is 0 Å². The van der Waals surface area contributed by atoms with E-state index in [1.807, 2.05) is 18.2 Å². The number of nitriles is 1. The second kappa shape index (κ2) is 7.19. The normalized spacial score (nSPS) is 15.2. The quantitative estimate of drug-likeness (QED) is 0.669. The van der Waals surface area contributed by atoms with Gasteiger partial charge in [0.1, 0.15) is 0 Å². The Bertz CT molecular complexity index is 971. The van der Waals surface area contributed by atoms with Crippen molar-refractivity contribution < 1.29 is 0 Å². The van der Waals surface area contributed by atoms with Gasteiger partial charge in [-0.1, -0.05) is 54.1 Å². The highest BCUT2D eigenvalue weighted by Crippen LogP contribution is 2.32. The first-order valence-corrected chi connectivity index (χ1v) is 9.26. The third-order valence-electron chi connectivity index (χ3n) is 5.12. The summed E-state index contributed by atoms with van der Waals surface area (Å²) in [6.07, 6.45) is 2.41. The van der Waals surface area contributed by atoms with Gasteiger partial charge in [-0.05, 0) is 37.5 Å². The van der Waals surface area contributed by atoms with Crippen LogP contribution < -0.4 is 5.01 Å². The number of hydrogen-bond donors (Lipinski definition) is 0. The molecular formula is C23H23N3. The van der Waals surface area contributed by atoms with Crippen molar-refractivity contribution in [1.82, 2.24) is 5.01 Å². The highest BCUT2D eigenvalue weighted by atomic mass is 15.6. The van der Waals surface area contributed by atoms with Gasteiger partial charge in [-0.2, -0.15) is 5.26 Å². The summed E-state index contributed by atoms with van der Waals surface area (Å²) in [6.45, 7) is 5.13. The van der Waals surface area contributed by atoms with Crippen molar-refractivity contribution in [2.75, 3.05) is 18.1 Å². The van der Waals surface area contributed by atoms with Crippen LogP contribution in [0.15, 0.2) is 60.7 Å². The smallest absolute Gasteiger partial charge is 0.0998 e. The summed E-state index contributed by atoms with van der Waals surface area (Å²) >= 11 is 0. The van der Waals surface area contributed by atoms with Crippen molar-refractivity contribution in [3.8, 4) is 6.07 Å². The minimum atomic E-state index is 0.742. The first kappa shape index (κ1) is 16.6. The molecule has 1 heterocycles. The molecular weight excluding hydrogens is 318 g/mol. The number of benzene rings is 3. The van der Waals surface area contributed by atoms with Crippen LogP contribution in [0.4, 0.5) is 5.69 Å². The van der Waals surface area contributed by atoms with Gasteiger partial charge in [0.2, 0.25) is 0 Å². The lowest BCUT2D eigenvalue weighted by Crippen LogP contribution is -2.47. The van der Waals surface area contributed by atoms with Crippen LogP contribution in [0.3, 0.4) is 0 Å². The highest BCUT2D eigenvalue weighted by Gasteiger charge is 2.22. The molecule has 4 rings (SSSR count). The van der Waals surface area contributed by atoms with Crippen molar-refractivity contribution >= 4 is 16.5 Å². The van der Waals surface area contributed by atoms with Crippen LogP contribution in [0, 0.1) is 18.3 Å². The fraction of sp³-hybridized carbons (Fsp3) is 0.261. The zero-order chi connectivity index (χ0) is 17.9. The van der Waals surface area contributed by atoms with E-state index >= 15 is 0 Å². The van der Waals surface area contributed by atoms with Crippen LogP contribution in [-0.2, 0) is 6.54 Å². The zero-order valence-electron chi connectivity index (χ0n) is 15.2. The molecule has 0 bridgehead atoms. The first-order chi connectivity index (χ1) is 12.8. The largest absolute Gasteiger partial charge is 0.305 e. The second-order valence-electron chi connectivity index (χ2n) is 7.00. The van der Waals surface area contributed by atoms with Crippen molar-refractivity contribution in [1.29, 1.82) is 5.26 Å². The van der Waals surface area contributed by atoms with Crippen molar-refractivity contribution in [2.24, 2.45) is 0 Å². The summed E-state index contributed by atoms with van der Waals surface area (Å²) in [5.74, 6) is 0. The van der Waals surface area contributed by atoms with E-state index in [-0.39, 0.29) is 0 Å². The molecule has 130 valence electrons. The molecule has 0 N–H and O–H groups in total. The maximum Gasteiger partial charge on any atom is 0.0998 e.